The first-order valence-corrected chi connectivity index (χ1v) is 9.36. The Morgan fingerprint density at radius 2 is 1.80 bits per heavy atom. The minimum atomic E-state index is -3.84. The van der Waals surface area contributed by atoms with Crippen molar-refractivity contribution >= 4 is 26.9 Å². The van der Waals surface area contributed by atoms with Gasteiger partial charge in [-0.2, -0.15) is 4.72 Å². The maximum atomic E-state index is 13.0. The molecule has 3 aromatic rings. The molecule has 1 aromatic heterocycles. The molecule has 6 nitrogen and oxygen atoms in total. The van der Waals surface area contributed by atoms with Gasteiger partial charge in [0, 0.05) is 28.2 Å². The number of aromatic nitrogens is 1. The van der Waals surface area contributed by atoms with E-state index in [-0.39, 0.29) is 11.5 Å². The van der Waals surface area contributed by atoms with Gasteiger partial charge >= 0.3 is 5.97 Å². The van der Waals surface area contributed by atoms with Crippen molar-refractivity contribution in [2.24, 2.45) is 0 Å². The zero-order valence-electron chi connectivity index (χ0n) is 13.4. The molecule has 2 heterocycles. The quantitative estimate of drug-likeness (QED) is 0.705. The number of hydrogen-bond acceptors (Lipinski definition) is 4. The monoisotopic (exact) mass is 356 g/mol. The molecular formula is C18H16N2O4S. The Labute approximate surface area is 144 Å². The second-order valence-electron chi connectivity index (χ2n) is 5.82. The number of sulfonamides is 1. The number of ether oxygens (including phenoxy) is 1. The van der Waals surface area contributed by atoms with E-state index in [1.165, 1.54) is 6.07 Å². The molecule has 0 amide bonds. The van der Waals surface area contributed by atoms with E-state index in [1.54, 1.807) is 31.3 Å². The summed E-state index contributed by atoms with van der Waals surface area (Å²) in [4.78, 5) is 16.2. The van der Waals surface area contributed by atoms with E-state index in [0.717, 1.165) is 10.9 Å². The molecule has 0 aliphatic carbocycles. The van der Waals surface area contributed by atoms with Gasteiger partial charge in [0.1, 0.15) is 0 Å². The lowest BCUT2D eigenvalue weighted by molar-refractivity contribution is -0.148. The molecule has 2 N–H and O–H groups in total. The molecule has 0 bridgehead atoms. The Bertz CT molecular complexity index is 1090. The SMILES string of the molecule is CCOC(=O)[C@]1(c2c[nH]c3ccccc23)NS(=O)(=O)c2ccccc21. The van der Waals surface area contributed by atoms with Crippen LogP contribution >= 0.6 is 0 Å². The first-order valence-electron chi connectivity index (χ1n) is 7.88. The summed E-state index contributed by atoms with van der Waals surface area (Å²) >= 11 is 0. The third kappa shape index (κ3) is 2.13. The highest BCUT2D eigenvalue weighted by Crippen LogP contribution is 2.44. The van der Waals surface area contributed by atoms with E-state index in [4.69, 9.17) is 4.74 Å². The molecule has 2 aromatic carbocycles. The third-order valence-electron chi connectivity index (χ3n) is 4.44. The van der Waals surface area contributed by atoms with Crippen molar-refractivity contribution in [2.75, 3.05) is 6.61 Å². The van der Waals surface area contributed by atoms with E-state index in [2.05, 4.69) is 9.71 Å². The van der Waals surface area contributed by atoms with Gasteiger partial charge in [0.05, 0.1) is 11.5 Å². The van der Waals surface area contributed by atoms with Gasteiger partial charge in [-0.15, -0.1) is 0 Å². The van der Waals surface area contributed by atoms with Crippen LogP contribution in [-0.4, -0.2) is 26.0 Å². The molecule has 0 saturated carbocycles. The zero-order valence-corrected chi connectivity index (χ0v) is 14.3. The van der Waals surface area contributed by atoms with Crippen molar-refractivity contribution in [3.63, 3.8) is 0 Å². The van der Waals surface area contributed by atoms with Crippen LogP contribution in [0.25, 0.3) is 10.9 Å². The molecule has 0 unspecified atom stereocenters. The molecule has 0 radical (unpaired) electrons. The lowest BCUT2D eigenvalue weighted by Crippen LogP contribution is -2.48. The first-order chi connectivity index (χ1) is 12.0. The number of fused-ring (bicyclic) bond motifs is 2. The predicted octanol–water partition coefficient (Wildman–Crippen LogP) is 2.27. The van der Waals surface area contributed by atoms with Crippen molar-refractivity contribution in [3.8, 4) is 0 Å². The van der Waals surface area contributed by atoms with Crippen molar-refractivity contribution in [1.82, 2.24) is 9.71 Å². The number of hydrogen-bond donors (Lipinski definition) is 2. The van der Waals surface area contributed by atoms with Crippen molar-refractivity contribution in [1.29, 1.82) is 0 Å². The van der Waals surface area contributed by atoms with Crippen LogP contribution < -0.4 is 4.72 Å². The number of nitrogens with one attached hydrogen (secondary N) is 2. The highest BCUT2D eigenvalue weighted by Gasteiger charge is 2.55. The van der Waals surface area contributed by atoms with Crippen molar-refractivity contribution in [3.05, 3.63) is 65.9 Å². The maximum Gasteiger partial charge on any atom is 0.336 e. The fraction of sp³-hybridized carbons (Fsp3) is 0.167. The van der Waals surface area contributed by atoms with Gasteiger partial charge in [0.25, 0.3) is 0 Å². The van der Waals surface area contributed by atoms with Crippen LogP contribution in [0.5, 0.6) is 0 Å². The number of carbonyl (C=O) groups excluding carboxylic acids is 1. The molecule has 4 rings (SSSR count). The smallest absolute Gasteiger partial charge is 0.336 e. The van der Waals surface area contributed by atoms with Gasteiger partial charge in [-0.1, -0.05) is 36.4 Å². The largest absolute Gasteiger partial charge is 0.464 e. The van der Waals surface area contributed by atoms with E-state index in [0.29, 0.717) is 11.1 Å². The molecule has 0 saturated heterocycles. The molecule has 0 spiro atoms. The Hall–Kier alpha value is -2.64. The van der Waals surface area contributed by atoms with E-state index < -0.39 is 21.5 Å². The molecule has 7 heteroatoms. The van der Waals surface area contributed by atoms with Gasteiger partial charge in [0.15, 0.2) is 5.54 Å². The predicted molar refractivity (Wildman–Crippen MR) is 92.5 cm³/mol. The molecule has 1 aliphatic heterocycles. The third-order valence-corrected chi connectivity index (χ3v) is 5.95. The summed E-state index contributed by atoms with van der Waals surface area (Å²) in [5.41, 5.74) is 0.100. The normalized spacial score (nSPS) is 21.2. The second kappa shape index (κ2) is 5.44. The summed E-state index contributed by atoms with van der Waals surface area (Å²) < 4.78 is 33.2. The first kappa shape index (κ1) is 15.9. The zero-order chi connectivity index (χ0) is 17.7. The molecule has 0 fully saturated rings. The molecule has 1 atom stereocenters. The number of benzene rings is 2. The average Bonchev–Trinajstić information content (AvgIpc) is 3.13. The lowest BCUT2D eigenvalue weighted by Gasteiger charge is -2.27. The van der Waals surface area contributed by atoms with Gasteiger partial charge < -0.3 is 9.72 Å². The lowest BCUT2D eigenvalue weighted by atomic mass is 9.83. The summed E-state index contributed by atoms with van der Waals surface area (Å²) in [7, 11) is -3.84. The second-order valence-corrected chi connectivity index (χ2v) is 7.47. The fourth-order valence-corrected chi connectivity index (χ4v) is 4.99. The molecule has 1 aliphatic rings. The summed E-state index contributed by atoms with van der Waals surface area (Å²) in [6, 6.07) is 13.9. The standard InChI is InChI=1S/C18H16N2O4S/c1-2-24-17(21)18(14-11-19-15-9-5-3-7-12(14)15)13-8-4-6-10-16(13)25(22,23)20-18/h3-11,19-20H,2H2,1H3/t18-/m0/s1. The molecule has 25 heavy (non-hydrogen) atoms. The van der Waals surface area contributed by atoms with E-state index >= 15 is 0 Å². The van der Waals surface area contributed by atoms with Gasteiger partial charge in [0.2, 0.25) is 10.0 Å². The van der Waals surface area contributed by atoms with E-state index in [9.17, 15) is 13.2 Å². The van der Waals surface area contributed by atoms with Crippen molar-refractivity contribution < 1.29 is 17.9 Å². The van der Waals surface area contributed by atoms with Crippen LogP contribution in [0.3, 0.4) is 0 Å². The van der Waals surface area contributed by atoms with Crippen LogP contribution in [0.4, 0.5) is 0 Å². The van der Waals surface area contributed by atoms with Crippen LogP contribution in [-0.2, 0) is 25.1 Å². The van der Waals surface area contributed by atoms with Crippen LogP contribution in [0.15, 0.2) is 59.6 Å². The van der Waals surface area contributed by atoms with E-state index in [1.807, 2.05) is 24.3 Å². The Morgan fingerprint density at radius 1 is 1.08 bits per heavy atom. The Balaban J connectivity index is 2.09. The maximum absolute atomic E-state index is 13.0. The van der Waals surface area contributed by atoms with Gasteiger partial charge in [-0.3, -0.25) is 0 Å². The Morgan fingerprint density at radius 3 is 2.60 bits per heavy atom. The number of aromatic amines is 1. The van der Waals surface area contributed by atoms with Crippen molar-refractivity contribution in [2.45, 2.75) is 17.4 Å². The van der Waals surface area contributed by atoms with Crippen LogP contribution in [0, 0.1) is 0 Å². The number of H-pyrrole nitrogens is 1. The minimum Gasteiger partial charge on any atom is -0.464 e. The highest BCUT2D eigenvalue weighted by atomic mass is 32.2. The van der Waals surface area contributed by atoms with Crippen LogP contribution in [0.2, 0.25) is 0 Å². The molecule has 128 valence electrons. The average molecular weight is 356 g/mol. The summed E-state index contributed by atoms with van der Waals surface area (Å²) in [5.74, 6) is -0.645. The minimum absolute atomic E-state index is 0.0911. The van der Waals surface area contributed by atoms with Gasteiger partial charge in [-0.05, 0) is 19.1 Å². The fourth-order valence-electron chi connectivity index (χ4n) is 3.41. The number of esters is 1. The number of carbonyl (C=O) groups is 1. The summed E-state index contributed by atoms with van der Waals surface area (Å²) in [6.07, 6.45) is 1.66. The highest BCUT2D eigenvalue weighted by molar-refractivity contribution is 7.90. The number of para-hydroxylation sites is 1. The van der Waals surface area contributed by atoms with Crippen LogP contribution in [0.1, 0.15) is 18.1 Å². The molecular weight excluding hydrogens is 340 g/mol. The Kier molecular flexibility index (Phi) is 3.45. The summed E-state index contributed by atoms with van der Waals surface area (Å²) in [5, 5.41) is 0.759. The number of rotatable bonds is 3. The topological polar surface area (TPSA) is 88.3 Å². The summed E-state index contributed by atoms with van der Waals surface area (Å²) in [6.45, 7) is 1.84. The van der Waals surface area contributed by atoms with Gasteiger partial charge in [-0.25, -0.2) is 13.2 Å².